The molecule has 1 unspecified atom stereocenters. The van der Waals surface area contributed by atoms with Crippen LogP contribution in [0.4, 0.5) is 11.4 Å². The van der Waals surface area contributed by atoms with Crippen LogP contribution in [-0.4, -0.2) is 67.4 Å². The third kappa shape index (κ3) is 4.92. The normalized spacial score (nSPS) is 16.8. The predicted octanol–water partition coefficient (Wildman–Crippen LogP) is 1.34. The van der Waals surface area contributed by atoms with Crippen LogP contribution < -0.4 is 10.1 Å². The average molecular weight is 364 g/mol. The Bertz CT molecular complexity index is 692. The van der Waals surface area contributed by atoms with E-state index in [4.69, 9.17) is 4.74 Å². The molecule has 2 rings (SSSR count). The molecule has 1 aromatic rings. The lowest BCUT2D eigenvalue weighted by molar-refractivity contribution is -0.384. The lowest BCUT2D eigenvalue weighted by Crippen LogP contribution is -2.30. The van der Waals surface area contributed by atoms with Crippen molar-refractivity contribution < 1.29 is 19.2 Å². The van der Waals surface area contributed by atoms with Crippen LogP contribution in [0.1, 0.15) is 12.8 Å². The molecule has 0 radical (unpaired) electrons. The van der Waals surface area contributed by atoms with Crippen molar-refractivity contribution in [3.05, 3.63) is 28.3 Å². The fourth-order valence-corrected chi connectivity index (χ4v) is 2.87. The fraction of sp³-hybridized carbons (Fsp3) is 0.529. The van der Waals surface area contributed by atoms with E-state index >= 15 is 0 Å². The molecule has 9 heteroatoms. The van der Waals surface area contributed by atoms with Gasteiger partial charge in [0.25, 0.3) is 5.69 Å². The van der Waals surface area contributed by atoms with Crippen molar-refractivity contribution in [2.45, 2.75) is 12.8 Å². The van der Waals surface area contributed by atoms with E-state index in [2.05, 4.69) is 5.32 Å². The summed E-state index contributed by atoms with van der Waals surface area (Å²) < 4.78 is 4.98. The maximum atomic E-state index is 12.5. The molecule has 1 heterocycles. The van der Waals surface area contributed by atoms with Crippen molar-refractivity contribution in [3.63, 3.8) is 0 Å². The number of anilines is 1. The van der Waals surface area contributed by atoms with Gasteiger partial charge in [0.2, 0.25) is 11.8 Å². The first-order valence-electron chi connectivity index (χ1n) is 8.37. The Morgan fingerprint density at radius 3 is 2.81 bits per heavy atom. The number of rotatable bonds is 8. The van der Waals surface area contributed by atoms with Gasteiger partial charge in [0, 0.05) is 19.5 Å². The van der Waals surface area contributed by atoms with Crippen LogP contribution in [0.5, 0.6) is 5.75 Å². The molecule has 0 aliphatic carbocycles. The molecule has 1 fully saturated rings. The second-order valence-electron chi connectivity index (χ2n) is 6.53. The van der Waals surface area contributed by atoms with Crippen LogP contribution in [0.15, 0.2) is 18.2 Å². The molecular formula is C17H24N4O5. The zero-order valence-corrected chi connectivity index (χ0v) is 15.2. The van der Waals surface area contributed by atoms with E-state index in [9.17, 15) is 19.7 Å². The second-order valence-corrected chi connectivity index (χ2v) is 6.53. The lowest BCUT2D eigenvalue weighted by atomic mass is 10.1. The van der Waals surface area contributed by atoms with Crippen LogP contribution in [0, 0.1) is 16.0 Å². The minimum atomic E-state index is -0.578. The molecule has 2 amide bonds. The number of nitrogens with one attached hydrogen (secondary N) is 1. The molecule has 142 valence electrons. The van der Waals surface area contributed by atoms with Gasteiger partial charge in [-0.1, -0.05) is 0 Å². The number of benzene rings is 1. The standard InChI is InChI=1S/C17H24N4O5/c1-19(2)7-4-8-20-11-12(9-16(20)22)17(23)18-14-6-5-13(26-3)10-15(14)21(24)25/h5-6,10,12H,4,7-9,11H2,1-3H3,(H,18,23). The van der Waals surface area contributed by atoms with Crippen LogP contribution in [-0.2, 0) is 9.59 Å². The summed E-state index contributed by atoms with van der Waals surface area (Å²) in [5.74, 6) is -0.628. The molecule has 0 aromatic heterocycles. The highest BCUT2D eigenvalue weighted by molar-refractivity contribution is 5.98. The summed E-state index contributed by atoms with van der Waals surface area (Å²) in [6.07, 6.45) is 0.953. The molecule has 1 aliphatic heterocycles. The number of nitro benzene ring substituents is 1. The second kappa shape index (κ2) is 8.61. The fourth-order valence-electron chi connectivity index (χ4n) is 2.87. The summed E-state index contributed by atoms with van der Waals surface area (Å²) in [4.78, 5) is 38.9. The maximum Gasteiger partial charge on any atom is 0.296 e. The van der Waals surface area contributed by atoms with E-state index in [1.807, 2.05) is 19.0 Å². The number of methoxy groups -OCH3 is 1. The van der Waals surface area contributed by atoms with Crippen LogP contribution >= 0.6 is 0 Å². The number of carbonyl (C=O) groups excluding carboxylic acids is 2. The Kier molecular flexibility index (Phi) is 6.51. The molecule has 26 heavy (non-hydrogen) atoms. The molecule has 0 bridgehead atoms. The van der Waals surface area contributed by atoms with E-state index in [0.717, 1.165) is 13.0 Å². The summed E-state index contributed by atoms with van der Waals surface area (Å²) >= 11 is 0. The van der Waals surface area contributed by atoms with E-state index in [1.54, 1.807) is 4.90 Å². The van der Waals surface area contributed by atoms with Crippen molar-refractivity contribution in [1.29, 1.82) is 0 Å². The van der Waals surface area contributed by atoms with Gasteiger partial charge in [-0.3, -0.25) is 19.7 Å². The van der Waals surface area contributed by atoms with Gasteiger partial charge in [-0.25, -0.2) is 0 Å². The first-order chi connectivity index (χ1) is 12.3. The smallest absolute Gasteiger partial charge is 0.296 e. The highest BCUT2D eigenvalue weighted by Crippen LogP contribution is 2.30. The number of amides is 2. The quantitative estimate of drug-likeness (QED) is 0.551. The molecule has 0 spiro atoms. The Hall–Kier alpha value is -2.68. The lowest BCUT2D eigenvalue weighted by Gasteiger charge is -2.18. The monoisotopic (exact) mass is 364 g/mol. The van der Waals surface area contributed by atoms with E-state index in [0.29, 0.717) is 18.8 Å². The number of nitrogens with zero attached hydrogens (tertiary/aromatic N) is 3. The van der Waals surface area contributed by atoms with E-state index in [-0.39, 0.29) is 29.6 Å². The SMILES string of the molecule is COc1ccc(NC(=O)C2CC(=O)N(CCCN(C)C)C2)c([N+](=O)[O-])c1. The number of ether oxygens (including phenoxy) is 1. The summed E-state index contributed by atoms with van der Waals surface area (Å²) in [6.45, 7) is 1.80. The average Bonchev–Trinajstić information content (AvgIpc) is 2.96. The maximum absolute atomic E-state index is 12.5. The van der Waals surface area contributed by atoms with Crippen LogP contribution in [0.25, 0.3) is 0 Å². The molecular weight excluding hydrogens is 340 g/mol. The van der Waals surface area contributed by atoms with Crippen molar-refractivity contribution in [1.82, 2.24) is 9.80 Å². The summed E-state index contributed by atoms with van der Waals surface area (Å²) in [7, 11) is 5.33. The third-order valence-corrected chi connectivity index (χ3v) is 4.28. The Labute approximate surface area is 152 Å². The van der Waals surface area contributed by atoms with Gasteiger partial charge in [0.05, 0.1) is 24.0 Å². The van der Waals surface area contributed by atoms with Gasteiger partial charge in [-0.15, -0.1) is 0 Å². The molecule has 0 saturated carbocycles. The van der Waals surface area contributed by atoms with Crippen LogP contribution in [0.2, 0.25) is 0 Å². The Morgan fingerprint density at radius 1 is 1.46 bits per heavy atom. The van der Waals surface area contributed by atoms with Gasteiger partial charge in [0.15, 0.2) is 0 Å². The predicted molar refractivity (Wildman–Crippen MR) is 96.1 cm³/mol. The highest BCUT2D eigenvalue weighted by atomic mass is 16.6. The van der Waals surface area contributed by atoms with E-state index in [1.165, 1.54) is 25.3 Å². The number of nitro groups is 1. The molecule has 1 aromatic carbocycles. The van der Waals surface area contributed by atoms with Crippen molar-refractivity contribution >= 4 is 23.2 Å². The first-order valence-corrected chi connectivity index (χ1v) is 8.37. The van der Waals surface area contributed by atoms with Gasteiger partial charge in [0.1, 0.15) is 11.4 Å². The zero-order chi connectivity index (χ0) is 19.3. The molecule has 1 aliphatic rings. The summed E-state index contributed by atoms with van der Waals surface area (Å²) in [5, 5.41) is 13.8. The van der Waals surface area contributed by atoms with E-state index < -0.39 is 10.8 Å². The Morgan fingerprint density at radius 2 is 2.19 bits per heavy atom. The molecule has 9 nitrogen and oxygen atoms in total. The Balaban J connectivity index is 2.00. The highest BCUT2D eigenvalue weighted by Gasteiger charge is 2.34. The minimum absolute atomic E-state index is 0.0619. The number of likely N-dealkylation sites (tertiary alicyclic amines) is 1. The van der Waals surface area contributed by atoms with Crippen LogP contribution in [0.3, 0.4) is 0 Å². The largest absolute Gasteiger partial charge is 0.496 e. The molecule has 1 saturated heterocycles. The number of carbonyl (C=O) groups is 2. The summed E-state index contributed by atoms with van der Waals surface area (Å²) in [5.41, 5.74) is -0.149. The van der Waals surface area contributed by atoms with Gasteiger partial charge >= 0.3 is 0 Å². The third-order valence-electron chi connectivity index (χ3n) is 4.28. The van der Waals surface area contributed by atoms with Crippen molar-refractivity contribution in [2.24, 2.45) is 5.92 Å². The van der Waals surface area contributed by atoms with Gasteiger partial charge in [-0.2, -0.15) is 0 Å². The van der Waals surface area contributed by atoms with Crippen molar-refractivity contribution in [2.75, 3.05) is 46.2 Å². The summed E-state index contributed by atoms with van der Waals surface area (Å²) in [6, 6.07) is 4.22. The van der Waals surface area contributed by atoms with Crippen molar-refractivity contribution in [3.8, 4) is 5.75 Å². The van der Waals surface area contributed by atoms with Gasteiger partial charge in [-0.05, 0) is 39.2 Å². The molecule has 1 N–H and O–H groups in total. The molecule has 1 atom stereocenters. The van der Waals surface area contributed by atoms with Gasteiger partial charge < -0.3 is 19.9 Å². The number of hydrogen-bond acceptors (Lipinski definition) is 6. The zero-order valence-electron chi connectivity index (χ0n) is 15.2. The number of hydrogen-bond donors (Lipinski definition) is 1. The topological polar surface area (TPSA) is 105 Å². The minimum Gasteiger partial charge on any atom is -0.496 e. The first kappa shape index (κ1) is 19.6.